The molecule has 1 aromatic carbocycles. The maximum absolute atomic E-state index is 11.3. The molecule has 4 rings (SSSR count). The maximum atomic E-state index is 11.3. The molecule has 0 aliphatic rings. The Morgan fingerprint density at radius 1 is 1.19 bits per heavy atom. The summed E-state index contributed by atoms with van der Waals surface area (Å²) >= 11 is 1.65. The number of imidazole rings is 1. The van der Waals surface area contributed by atoms with E-state index in [1.165, 1.54) is 12.5 Å². The predicted molar refractivity (Wildman–Crippen MR) is 81.1 cm³/mol. The van der Waals surface area contributed by atoms with E-state index < -0.39 is 0 Å². The fraction of sp³-hybridized carbons (Fsp3) is 0. The minimum Gasteiger partial charge on any atom is -0.711 e. The van der Waals surface area contributed by atoms with Gasteiger partial charge in [-0.15, -0.1) is 0 Å². The lowest BCUT2D eigenvalue weighted by molar-refractivity contribution is -0.608. The minimum atomic E-state index is 0.698. The third-order valence-corrected chi connectivity index (χ3v) is 4.00. The number of rotatable bonds is 2. The van der Waals surface area contributed by atoms with Gasteiger partial charge in [-0.25, -0.2) is 9.71 Å². The molecule has 0 spiro atoms. The number of fused-ring (bicyclic) bond motifs is 1. The zero-order valence-electron chi connectivity index (χ0n) is 10.9. The monoisotopic (exact) mass is 294 g/mol. The van der Waals surface area contributed by atoms with E-state index >= 15 is 0 Å². The summed E-state index contributed by atoms with van der Waals surface area (Å²) in [5.41, 5.74) is 4.74. The van der Waals surface area contributed by atoms with Crippen LogP contribution < -0.4 is 4.73 Å². The van der Waals surface area contributed by atoms with Crippen molar-refractivity contribution in [1.82, 2.24) is 14.5 Å². The Bertz CT molecular complexity index is 914. The summed E-state index contributed by atoms with van der Waals surface area (Å²) in [7, 11) is 0. The standard InChI is InChI=1S/C15H10N4OS/c20-18-7-12(6-16-9-18)11-1-2-15-14(5-11)17-10-19(15)13-3-4-21-8-13/h1-10H. The van der Waals surface area contributed by atoms with Gasteiger partial charge in [-0.1, -0.05) is 11.1 Å². The van der Waals surface area contributed by atoms with Crippen molar-refractivity contribution in [3.63, 3.8) is 0 Å². The van der Waals surface area contributed by atoms with Crippen LogP contribution >= 0.6 is 11.3 Å². The van der Waals surface area contributed by atoms with Crippen molar-refractivity contribution in [2.45, 2.75) is 0 Å². The molecule has 0 bridgehead atoms. The lowest BCUT2D eigenvalue weighted by Crippen LogP contribution is -2.25. The lowest BCUT2D eigenvalue weighted by Gasteiger charge is -2.04. The number of thiophene rings is 1. The van der Waals surface area contributed by atoms with E-state index in [2.05, 4.69) is 21.4 Å². The van der Waals surface area contributed by atoms with E-state index in [-0.39, 0.29) is 0 Å². The molecule has 0 atom stereocenters. The topological polar surface area (TPSA) is 57.6 Å². The number of hydrogen-bond donors (Lipinski definition) is 0. The van der Waals surface area contributed by atoms with E-state index in [0.717, 1.165) is 27.8 Å². The summed E-state index contributed by atoms with van der Waals surface area (Å²) in [6, 6.07) is 8.01. The number of aromatic nitrogens is 4. The molecule has 0 unspecified atom stereocenters. The zero-order valence-corrected chi connectivity index (χ0v) is 11.7. The molecule has 0 saturated heterocycles. The molecule has 0 saturated carbocycles. The van der Waals surface area contributed by atoms with Crippen LogP contribution in [0.15, 0.2) is 60.1 Å². The third-order valence-electron chi connectivity index (χ3n) is 3.33. The summed E-state index contributed by atoms with van der Waals surface area (Å²) in [6.45, 7) is 0. The van der Waals surface area contributed by atoms with Crippen LogP contribution in [-0.2, 0) is 0 Å². The highest BCUT2D eigenvalue weighted by Gasteiger charge is 2.08. The summed E-state index contributed by atoms with van der Waals surface area (Å²) in [6.07, 6.45) is 6.22. The highest BCUT2D eigenvalue weighted by Crippen LogP contribution is 2.25. The van der Waals surface area contributed by atoms with Crippen molar-refractivity contribution in [2.24, 2.45) is 0 Å². The van der Waals surface area contributed by atoms with Gasteiger partial charge in [0.15, 0.2) is 6.20 Å². The van der Waals surface area contributed by atoms with Crippen molar-refractivity contribution in [3.05, 3.63) is 65.3 Å². The second kappa shape index (κ2) is 4.68. The molecule has 102 valence electrons. The van der Waals surface area contributed by atoms with E-state index in [9.17, 15) is 5.21 Å². The normalized spacial score (nSPS) is 11.0. The quantitative estimate of drug-likeness (QED) is 0.422. The van der Waals surface area contributed by atoms with Crippen LogP contribution in [-0.4, -0.2) is 14.5 Å². The Kier molecular flexibility index (Phi) is 2.68. The molecule has 0 amide bonds. The van der Waals surface area contributed by atoms with E-state index in [1.54, 1.807) is 17.5 Å². The van der Waals surface area contributed by atoms with Crippen LogP contribution in [0.3, 0.4) is 0 Å². The van der Waals surface area contributed by atoms with Crippen molar-refractivity contribution in [1.29, 1.82) is 0 Å². The Balaban J connectivity index is 1.85. The molecule has 3 heterocycles. The second-order valence-corrected chi connectivity index (χ2v) is 5.42. The van der Waals surface area contributed by atoms with Gasteiger partial charge in [-0.3, -0.25) is 4.57 Å². The molecule has 21 heavy (non-hydrogen) atoms. The first-order chi connectivity index (χ1) is 10.3. The van der Waals surface area contributed by atoms with E-state index in [1.807, 2.05) is 34.5 Å². The van der Waals surface area contributed by atoms with Gasteiger partial charge in [0, 0.05) is 5.38 Å². The van der Waals surface area contributed by atoms with E-state index in [0.29, 0.717) is 4.73 Å². The van der Waals surface area contributed by atoms with Crippen molar-refractivity contribution < 1.29 is 4.73 Å². The van der Waals surface area contributed by atoms with Gasteiger partial charge in [0.1, 0.15) is 12.5 Å². The van der Waals surface area contributed by atoms with Crippen molar-refractivity contribution in [3.8, 4) is 16.8 Å². The van der Waals surface area contributed by atoms with Gasteiger partial charge in [0.2, 0.25) is 0 Å². The first-order valence-corrected chi connectivity index (χ1v) is 7.29. The largest absolute Gasteiger partial charge is 0.711 e. The van der Waals surface area contributed by atoms with Crippen LogP contribution in [0.1, 0.15) is 0 Å². The fourth-order valence-corrected chi connectivity index (χ4v) is 2.95. The first-order valence-electron chi connectivity index (χ1n) is 6.35. The molecule has 0 fully saturated rings. The molecular weight excluding hydrogens is 284 g/mol. The first kappa shape index (κ1) is 12.0. The van der Waals surface area contributed by atoms with Crippen LogP contribution in [0.25, 0.3) is 27.8 Å². The van der Waals surface area contributed by atoms with Gasteiger partial charge in [-0.2, -0.15) is 11.3 Å². The Hall–Kier alpha value is -2.73. The van der Waals surface area contributed by atoms with Gasteiger partial charge in [0.05, 0.1) is 22.3 Å². The molecule has 0 aliphatic carbocycles. The summed E-state index contributed by atoms with van der Waals surface area (Å²) in [4.78, 5) is 8.36. The average molecular weight is 294 g/mol. The van der Waals surface area contributed by atoms with Crippen LogP contribution in [0.2, 0.25) is 0 Å². The Labute approximate surface area is 124 Å². The molecule has 0 radical (unpaired) electrons. The lowest BCUT2D eigenvalue weighted by atomic mass is 10.1. The maximum Gasteiger partial charge on any atom is 0.289 e. The Morgan fingerprint density at radius 3 is 2.95 bits per heavy atom. The molecular formula is C15H10N4OS. The summed E-state index contributed by atoms with van der Waals surface area (Å²) in [5.74, 6) is 0. The molecule has 0 N–H and O–H groups in total. The Morgan fingerprint density at radius 2 is 2.14 bits per heavy atom. The molecule has 4 aromatic rings. The van der Waals surface area contributed by atoms with Gasteiger partial charge in [-0.05, 0) is 29.1 Å². The van der Waals surface area contributed by atoms with Crippen LogP contribution in [0.5, 0.6) is 0 Å². The highest BCUT2D eigenvalue weighted by atomic mass is 32.1. The van der Waals surface area contributed by atoms with Crippen LogP contribution in [0, 0.1) is 5.21 Å². The van der Waals surface area contributed by atoms with Crippen LogP contribution in [0.4, 0.5) is 0 Å². The van der Waals surface area contributed by atoms with Gasteiger partial charge < -0.3 is 5.21 Å². The van der Waals surface area contributed by atoms with Crippen molar-refractivity contribution >= 4 is 22.4 Å². The summed E-state index contributed by atoms with van der Waals surface area (Å²) in [5, 5.41) is 15.4. The fourth-order valence-electron chi connectivity index (χ4n) is 2.32. The number of nitrogens with zero attached hydrogens (tertiary/aromatic N) is 4. The second-order valence-electron chi connectivity index (χ2n) is 4.64. The van der Waals surface area contributed by atoms with Crippen molar-refractivity contribution in [2.75, 3.05) is 0 Å². The molecule has 3 aromatic heterocycles. The predicted octanol–water partition coefficient (Wildman–Crippen LogP) is 2.78. The molecule has 5 nitrogen and oxygen atoms in total. The molecule has 0 aliphatic heterocycles. The third kappa shape index (κ3) is 2.05. The minimum absolute atomic E-state index is 0.698. The van der Waals surface area contributed by atoms with Gasteiger partial charge in [0.25, 0.3) is 6.33 Å². The smallest absolute Gasteiger partial charge is 0.289 e. The van der Waals surface area contributed by atoms with E-state index in [4.69, 9.17) is 0 Å². The molecule has 6 heteroatoms. The highest BCUT2D eigenvalue weighted by molar-refractivity contribution is 7.08. The summed E-state index contributed by atoms with van der Waals surface area (Å²) < 4.78 is 2.75. The SMILES string of the molecule is [O-][n+]1cncc(-c2ccc3c(c2)ncn3-c2ccsc2)c1. The average Bonchev–Trinajstić information content (AvgIpc) is 3.15. The van der Waals surface area contributed by atoms with Gasteiger partial charge >= 0.3 is 0 Å². The number of benzene rings is 1. The zero-order chi connectivity index (χ0) is 14.2. The number of hydrogen-bond acceptors (Lipinski definition) is 4.